The second-order valence-electron chi connectivity index (χ2n) is 7.53. The van der Waals surface area contributed by atoms with E-state index < -0.39 is 11.4 Å². The minimum Gasteiger partial charge on any atom is -0.497 e. The molecule has 0 aromatic heterocycles. The molecule has 0 unspecified atom stereocenters. The summed E-state index contributed by atoms with van der Waals surface area (Å²) in [6.07, 6.45) is 0.373. The number of carboxylic acids is 1. The van der Waals surface area contributed by atoms with E-state index in [-0.39, 0.29) is 25.2 Å². The molecule has 7 nitrogen and oxygen atoms in total. The standard InChI is InChI=1S/C22H23NO6/c1-14(24)23-11-16(15-3-8-19-20(9-15)29-13-28-19)10-22(12-23,21(25)26)17-4-6-18(27-2)7-5-17/h3-9,16H,10-13H2,1-2H3,(H,25,26)/t16-,22-/m1/s1. The maximum Gasteiger partial charge on any atom is 0.315 e. The van der Waals surface area contributed by atoms with Crippen molar-refractivity contribution in [3.05, 3.63) is 53.6 Å². The van der Waals surface area contributed by atoms with Crippen molar-refractivity contribution < 1.29 is 28.9 Å². The molecule has 0 aliphatic carbocycles. The smallest absolute Gasteiger partial charge is 0.315 e. The van der Waals surface area contributed by atoms with Crippen molar-refractivity contribution in [2.45, 2.75) is 24.7 Å². The number of amides is 1. The Morgan fingerprint density at radius 2 is 1.86 bits per heavy atom. The molecule has 2 heterocycles. The van der Waals surface area contributed by atoms with Gasteiger partial charge in [-0.05, 0) is 41.8 Å². The third-order valence-electron chi connectivity index (χ3n) is 5.86. The van der Waals surface area contributed by atoms with E-state index in [1.165, 1.54) is 6.92 Å². The quantitative estimate of drug-likeness (QED) is 0.854. The molecule has 2 aliphatic rings. The molecule has 2 aromatic rings. The summed E-state index contributed by atoms with van der Waals surface area (Å²) < 4.78 is 16.1. The van der Waals surface area contributed by atoms with Gasteiger partial charge in [0.1, 0.15) is 11.2 Å². The van der Waals surface area contributed by atoms with Gasteiger partial charge >= 0.3 is 5.97 Å². The number of fused-ring (bicyclic) bond motifs is 1. The van der Waals surface area contributed by atoms with Crippen molar-refractivity contribution in [2.75, 3.05) is 27.0 Å². The van der Waals surface area contributed by atoms with Crippen molar-refractivity contribution in [1.82, 2.24) is 4.90 Å². The summed E-state index contributed by atoms with van der Waals surface area (Å²) in [4.78, 5) is 26.4. The Balaban J connectivity index is 1.75. The van der Waals surface area contributed by atoms with Gasteiger partial charge in [-0.25, -0.2) is 0 Å². The largest absolute Gasteiger partial charge is 0.497 e. The van der Waals surface area contributed by atoms with Crippen molar-refractivity contribution in [1.29, 1.82) is 0 Å². The number of carbonyl (C=O) groups excluding carboxylic acids is 1. The van der Waals surface area contributed by atoms with Crippen molar-refractivity contribution in [3.63, 3.8) is 0 Å². The normalized spacial score (nSPS) is 23.0. The number of rotatable bonds is 4. The SMILES string of the molecule is COc1ccc([C@@]2(C(=O)O)C[C@@H](c3ccc4c(c3)OCO4)CN(C(C)=O)C2)cc1. The lowest BCUT2D eigenvalue weighted by Crippen LogP contribution is -2.54. The van der Waals surface area contributed by atoms with Crippen molar-refractivity contribution in [2.24, 2.45) is 0 Å². The second-order valence-corrected chi connectivity index (χ2v) is 7.53. The predicted octanol–water partition coefficient (Wildman–Crippen LogP) is 2.78. The van der Waals surface area contributed by atoms with E-state index in [9.17, 15) is 14.7 Å². The number of benzene rings is 2. The molecule has 29 heavy (non-hydrogen) atoms. The lowest BCUT2D eigenvalue weighted by Gasteiger charge is -2.44. The van der Waals surface area contributed by atoms with Crippen LogP contribution in [-0.2, 0) is 15.0 Å². The van der Waals surface area contributed by atoms with Gasteiger partial charge in [-0.2, -0.15) is 0 Å². The van der Waals surface area contributed by atoms with Crippen LogP contribution in [0.5, 0.6) is 17.2 Å². The molecule has 2 aromatic carbocycles. The van der Waals surface area contributed by atoms with Crippen LogP contribution in [0.3, 0.4) is 0 Å². The first kappa shape index (κ1) is 19.1. The fourth-order valence-electron chi connectivity index (χ4n) is 4.23. The Kier molecular flexibility index (Phi) is 4.82. The van der Waals surface area contributed by atoms with Crippen LogP contribution in [0.15, 0.2) is 42.5 Å². The number of likely N-dealkylation sites (tertiary alicyclic amines) is 1. The van der Waals surface area contributed by atoms with Gasteiger partial charge in [-0.15, -0.1) is 0 Å². The van der Waals surface area contributed by atoms with Crippen molar-refractivity contribution in [3.8, 4) is 17.2 Å². The number of hydrogen-bond acceptors (Lipinski definition) is 5. The fraction of sp³-hybridized carbons (Fsp3) is 0.364. The Morgan fingerprint density at radius 1 is 1.14 bits per heavy atom. The molecule has 7 heteroatoms. The first-order valence-electron chi connectivity index (χ1n) is 9.46. The molecule has 0 bridgehead atoms. The maximum atomic E-state index is 12.5. The monoisotopic (exact) mass is 397 g/mol. The number of hydrogen-bond donors (Lipinski definition) is 1. The Labute approximate surface area is 168 Å². The Hall–Kier alpha value is -3.22. The first-order valence-corrected chi connectivity index (χ1v) is 9.46. The number of carbonyl (C=O) groups is 2. The van der Waals surface area contributed by atoms with Crippen LogP contribution in [-0.4, -0.2) is 48.9 Å². The zero-order chi connectivity index (χ0) is 20.6. The number of aliphatic carboxylic acids is 1. The maximum absolute atomic E-state index is 12.5. The van der Waals surface area contributed by atoms with Gasteiger partial charge in [0.25, 0.3) is 0 Å². The van der Waals surface area contributed by atoms with E-state index in [1.54, 1.807) is 36.3 Å². The van der Waals surface area contributed by atoms with Crippen LogP contribution >= 0.6 is 0 Å². The molecule has 4 rings (SSSR count). The highest BCUT2D eigenvalue weighted by atomic mass is 16.7. The molecule has 2 atom stereocenters. The molecule has 152 valence electrons. The molecule has 1 saturated heterocycles. The highest BCUT2D eigenvalue weighted by Gasteiger charge is 2.48. The minimum atomic E-state index is -1.21. The fourth-order valence-corrected chi connectivity index (χ4v) is 4.23. The third-order valence-corrected chi connectivity index (χ3v) is 5.86. The second kappa shape index (κ2) is 7.31. The number of ether oxygens (including phenoxy) is 3. The van der Waals surface area contributed by atoms with Gasteiger partial charge in [0.15, 0.2) is 11.5 Å². The van der Waals surface area contributed by atoms with Crippen LogP contribution in [0.2, 0.25) is 0 Å². The molecule has 0 saturated carbocycles. The molecular weight excluding hydrogens is 374 g/mol. The number of methoxy groups -OCH3 is 1. The highest BCUT2D eigenvalue weighted by molar-refractivity contribution is 5.84. The first-order chi connectivity index (χ1) is 13.9. The van der Waals surface area contributed by atoms with Gasteiger partial charge < -0.3 is 24.2 Å². The van der Waals surface area contributed by atoms with Crippen LogP contribution in [0.1, 0.15) is 30.4 Å². The average molecular weight is 397 g/mol. The van der Waals surface area contributed by atoms with E-state index in [1.807, 2.05) is 18.2 Å². The summed E-state index contributed by atoms with van der Waals surface area (Å²) in [5.74, 6) is 0.732. The summed E-state index contributed by atoms with van der Waals surface area (Å²) in [6, 6.07) is 12.7. The summed E-state index contributed by atoms with van der Waals surface area (Å²) >= 11 is 0. The lowest BCUT2D eigenvalue weighted by atomic mass is 9.69. The molecule has 0 radical (unpaired) electrons. The number of nitrogens with zero attached hydrogens (tertiary/aromatic N) is 1. The van der Waals surface area contributed by atoms with E-state index in [0.717, 1.165) is 5.56 Å². The number of piperidine rings is 1. The zero-order valence-corrected chi connectivity index (χ0v) is 16.4. The Bertz CT molecular complexity index is 941. The molecule has 1 N–H and O–H groups in total. The number of carboxylic acid groups (broad SMARTS) is 1. The van der Waals surface area contributed by atoms with E-state index in [4.69, 9.17) is 14.2 Å². The van der Waals surface area contributed by atoms with Gasteiger partial charge in [0.05, 0.1) is 7.11 Å². The summed E-state index contributed by atoms with van der Waals surface area (Å²) in [5.41, 5.74) is 0.374. The molecule has 0 spiro atoms. The van der Waals surface area contributed by atoms with E-state index >= 15 is 0 Å². The predicted molar refractivity (Wildman–Crippen MR) is 104 cm³/mol. The molecular formula is C22H23NO6. The molecule has 1 fully saturated rings. The zero-order valence-electron chi connectivity index (χ0n) is 16.4. The van der Waals surface area contributed by atoms with Crippen LogP contribution in [0.25, 0.3) is 0 Å². The summed E-state index contributed by atoms with van der Waals surface area (Å²) in [5, 5.41) is 10.3. The van der Waals surface area contributed by atoms with Gasteiger partial charge in [0, 0.05) is 25.9 Å². The van der Waals surface area contributed by atoms with Crippen LogP contribution in [0.4, 0.5) is 0 Å². The summed E-state index contributed by atoms with van der Waals surface area (Å²) in [6.45, 7) is 2.24. The third kappa shape index (κ3) is 3.37. The van der Waals surface area contributed by atoms with E-state index in [0.29, 0.717) is 35.8 Å². The van der Waals surface area contributed by atoms with Crippen LogP contribution < -0.4 is 14.2 Å². The average Bonchev–Trinajstić information content (AvgIpc) is 3.21. The van der Waals surface area contributed by atoms with Crippen molar-refractivity contribution >= 4 is 11.9 Å². The summed E-state index contributed by atoms with van der Waals surface area (Å²) in [7, 11) is 1.57. The van der Waals surface area contributed by atoms with Gasteiger partial charge in [-0.1, -0.05) is 18.2 Å². The highest BCUT2D eigenvalue weighted by Crippen LogP contribution is 2.43. The van der Waals surface area contributed by atoms with Gasteiger partial charge in [0.2, 0.25) is 12.7 Å². The lowest BCUT2D eigenvalue weighted by molar-refractivity contribution is -0.148. The topological polar surface area (TPSA) is 85.3 Å². The van der Waals surface area contributed by atoms with Gasteiger partial charge in [-0.3, -0.25) is 9.59 Å². The molecule has 2 aliphatic heterocycles. The van der Waals surface area contributed by atoms with E-state index in [2.05, 4.69) is 0 Å². The Morgan fingerprint density at radius 3 is 2.52 bits per heavy atom. The molecule has 1 amide bonds. The minimum absolute atomic E-state index is 0.130. The van der Waals surface area contributed by atoms with Crippen LogP contribution in [0, 0.1) is 0 Å².